The lowest BCUT2D eigenvalue weighted by Gasteiger charge is -2.31. The molecular formula is C12H13ClF4N2O. The maximum absolute atomic E-state index is 13.5. The van der Waals surface area contributed by atoms with E-state index < -0.39 is 30.0 Å². The van der Waals surface area contributed by atoms with E-state index in [2.05, 4.69) is 0 Å². The number of amides is 1. The summed E-state index contributed by atoms with van der Waals surface area (Å²) in [4.78, 5) is 12.4. The van der Waals surface area contributed by atoms with Crippen LogP contribution in [0.1, 0.15) is 12.5 Å². The first-order valence-electron chi connectivity index (χ1n) is 5.52. The van der Waals surface area contributed by atoms with Gasteiger partial charge < -0.3 is 10.6 Å². The highest BCUT2D eigenvalue weighted by molar-refractivity contribution is 6.31. The topological polar surface area (TPSA) is 46.3 Å². The first-order chi connectivity index (χ1) is 8.98. The number of likely N-dealkylation sites (N-methyl/N-ethyl adjacent to an activating group) is 1. The maximum Gasteiger partial charge on any atom is 0.415 e. The molecule has 0 aliphatic heterocycles. The van der Waals surface area contributed by atoms with Crippen molar-refractivity contribution < 1.29 is 22.4 Å². The Morgan fingerprint density at radius 2 is 1.95 bits per heavy atom. The number of hydrogen-bond acceptors (Lipinski definition) is 2. The Labute approximate surface area is 118 Å². The van der Waals surface area contributed by atoms with Gasteiger partial charge in [0, 0.05) is 24.2 Å². The smallest absolute Gasteiger partial charge is 0.339 e. The molecule has 1 aromatic rings. The fourth-order valence-electron chi connectivity index (χ4n) is 1.51. The Hall–Kier alpha value is -1.34. The summed E-state index contributed by atoms with van der Waals surface area (Å²) in [6.07, 6.45) is -4.91. The Bertz CT molecular complexity index is 496. The molecule has 1 amide bonds. The molecule has 0 radical (unpaired) electrons. The van der Waals surface area contributed by atoms with Gasteiger partial charge in [-0.05, 0) is 19.1 Å². The fourth-order valence-corrected chi connectivity index (χ4v) is 1.73. The van der Waals surface area contributed by atoms with Gasteiger partial charge in [0.25, 0.3) is 5.91 Å². The monoisotopic (exact) mass is 312 g/mol. The van der Waals surface area contributed by atoms with E-state index >= 15 is 0 Å². The van der Waals surface area contributed by atoms with Crippen LogP contribution in [0.2, 0.25) is 5.02 Å². The Morgan fingerprint density at radius 1 is 1.40 bits per heavy atom. The van der Waals surface area contributed by atoms with E-state index in [1.54, 1.807) is 0 Å². The molecule has 1 rings (SSSR count). The summed E-state index contributed by atoms with van der Waals surface area (Å²) < 4.78 is 51.5. The lowest BCUT2D eigenvalue weighted by Crippen LogP contribution is -2.61. The van der Waals surface area contributed by atoms with Crippen molar-refractivity contribution in [2.75, 3.05) is 7.05 Å². The number of halogens is 5. The summed E-state index contributed by atoms with van der Waals surface area (Å²) in [7, 11) is 1.10. The molecule has 0 bridgehead atoms. The van der Waals surface area contributed by atoms with Crippen LogP contribution >= 0.6 is 11.6 Å². The van der Waals surface area contributed by atoms with Crippen molar-refractivity contribution in [1.29, 1.82) is 0 Å². The van der Waals surface area contributed by atoms with E-state index in [9.17, 15) is 22.4 Å². The average Bonchev–Trinajstić information content (AvgIpc) is 2.31. The van der Waals surface area contributed by atoms with E-state index in [1.165, 1.54) is 12.1 Å². The maximum atomic E-state index is 13.5. The Morgan fingerprint density at radius 3 is 2.40 bits per heavy atom. The zero-order valence-electron chi connectivity index (χ0n) is 10.8. The second kappa shape index (κ2) is 5.57. The molecule has 0 fully saturated rings. The number of carbonyl (C=O) groups excluding carboxylic acids is 1. The summed E-state index contributed by atoms with van der Waals surface area (Å²) in [6.45, 7) is 0.155. The SMILES string of the molecule is CN(Cc1c(F)cccc1Cl)C(=O)C(C)(N)C(F)(F)F. The van der Waals surface area contributed by atoms with Gasteiger partial charge in [-0.25, -0.2) is 4.39 Å². The number of rotatable bonds is 3. The number of hydrogen-bond donors (Lipinski definition) is 1. The molecule has 0 aromatic heterocycles. The van der Waals surface area contributed by atoms with Crippen LogP contribution in [-0.4, -0.2) is 29.6 Å². The summed E-state index contributed by atoms with van der Waals surface area (Å²) in [5, 5.41) is 0.0235. The van der Waals surface area contributed by atoms with Crippen molar-refractivity contribution >= 4 is 17.5 Å². The van der Waals surface area contributed by atoms with Crippen LogP contribution < -0.4 is 5.73 Å². The van der Waals surface area contributed by atoms with Gasteiger partial charge >= 0.3 is 6.18 Å². The summed E-state index contributed by atoms with van der Waals surface area (Å²) in [5.74, 6) is -2.08. The molecule has 0 aliphatic carbocycles. The largest absolute Gasteiger partial charge is 0.415 e. The van der Waals surface area contributed by atoms with Crippen LogP contribution in [0.3, 0.4) is 0 Å². The van der Waals surface area contributed by atoms with Crippen molar-refractivity contribution in [3.63, 3.8) is 0 Å². The van der Waals surface area contributed by atoms with Gasteiger partial charge in [-0.2, -0.15) is 13.2 Å². The highest BCUT2D eigenvalue weighted by Gasteiger charge is 2.54. The number of carbonyl (C=O) groups is 1. The summed E-state index contributed by atoms with van der Waals surface area (Å²) in [6, 6.07) is 3.83. The van der Waals surface area contributed by atoms with Crippen LogP contribution in [0.4, 0.5) is 17.6 Å². The third-order valence-corrected chi connectivity index (χ3v) is 3.19. The van der Waals surface area contributed by atoms with Gasteiger partial charge in [-0.3, -0.25) is 4.79 Å². The average molecular weight is 313 g/mol. The molecule has 1 aromatic carbocycles. The van der Waals surface area contributed by atoms with E-state index in [0.717, 1.165) is 13.1 Å². The van der Waals surface area contributed by atoms with E-state index in [4.69, 9.17) is 17.3 Å². The first-order valence-corrected chi connectivity index (χ1v) is 5.90. The van der Waals surface area contributed by atoms with Crippen molar-refractivity contribution in [3.05, 3.63) is 34.6 Å². The molecule has 1 unspecified atom stereocenters. The van der Waals surface area contributed by atoms with Crippen molar-refractivity contribution in [2.24, 2.45) is 5.73 Å². The predicted octanol–water partition coefficient (Wildman–Crippen LogP) is 2.72. The van der Waals surface area contributed by atoms with Crippen LogP contribution in [0.25, 0.3) is 0 Å². The molecular weight excluding hydrogens is 300 g/mol. The first kappa shape index (κ1) is 16.7. The minimum Gasteiger partial charge on any atom is -0.339 e. The molecule has 0 heterocycles. The molecule has 0 saturated heterocycles. The van der Waals surface area contributed by atoms with Crippen LogP contribution in [-0.2, 0) is 11.3 Å². The molecule has 0 saturated carbocycles. The standard InChI is InChI=1S/C12H13ClF4N2O/c1-11(18,12(15,16)17)10(20)19(2)6-7-8(13)4-3-5-9(7)14/h3-5H,6,18H2,1-2H3. The van der Waals surface area contributed by atoms with Gasteiger partial charge in [0.1, 0.15) is 5.82 Å². The highest BCUT2D eigenvalue weighted by atomic mass is 35.5. The van der Waals surface area contributed by atoms with Crippen molar-refractivity contribution in [1.82, 2.24) is 4.90 Å². The molecule has 2 N–H and O–H groups in total. The predicted molar refractivity (Wildman–Crippen MR) is 66.5 cm³/mol. The number of alkyl halides is 3. The van der Waals surface area contributed by atoms with Crippen molar-refractivity contribution in [3.8, 4) is 0 Å². The Kier molecular flexibility index (Phi) is 4.66. The molecule has 20 heavy (non-hydrogen) atoms. The second-order valence-corrected chi connectivity index (χ2v) is 4.97. The van der Waals surface area contributed by atoms with Crippen LogP contribution in [0.15, 0.2) is 18.2 Å². The van der Waals surface area contributed by atoms with Gasteiger partial charge in [0.2, 0.25) is 0 Å². The lowest BCUT2D eigenvalue weighted by atomic mass is 10.0. The normalized spacial score (nSPS) is 14.8. The van der Waals surface area contributed by atoms with Gasteiger partial charge in [0.15, 0.2) is 5.54 Å². The summed E-state index contributed by atoms with van der Waals surface area (Å²) >= 11 is 5.75. The van der Waals surface area contributed by atoms with Gasteiger partial charge in [-0.1, -0.05) is 17.7 Å². The highest BCUT2D eigenvalue weighted by Crippen LogP contribution is 2.30. The Balaban J connectivity index is 2.98. The summed E-state index contributed by atoms with van der Waals surface area (Å²) in [5.41, 5.74) is 1.92. The number of nitrogens with two attached hydrogens (primary N) is 1. The van der Waals surface area contributed by atoms with Crippen molar-refractivity contribution in [2.45, 2.75) is 25.2 Å². The minimum atomic E-state index is -4.91. The molecule has 1 atom stereocenters. The number of nitrogens with zero attached hydrogens (tertiary/aromatic N) is 1. The van der Waals surface area contributed by atoms with Crippen LogP contribution in [0, 0.1) is 5.82 Å². The molecule has 0 spiro atoms. The quantitative estimate of drug-likeness (QED) is 0.872. The van der Waals surface area contributed by atoms with Crippen LogP contribution in [0.5, 0.6) is 0 Å². The van der Waals surface area contributed by atoms with E-state index in [0.29, 0.717) is 11.8 Å². The zero-order chi connectivity index (χ0) is 15.7. The van der Waals surface area contributed by atoms with E-state index in [-0.39, 0.29) is 10.6 Å². The molecule has 3 nitrogen and oxygen atoms in total. The van der Waals surface area contributed by atoms with E-state index in [1.807, 2.05) is 0 Å². The van der Waals surface area contributed by atoms with Gasteiger partial charge in [-0.15, -0.1) is 0 Å². The zero-order valence-corrected chi connectivity index (χ0v) is 11.5. The second-order valence-electron chi connectivity index (χ2n) is 4.56. The third kappa shape index (κ3) is 3.21. The van der Waals surface area contributed by atoms with Gasteiger partial charge in [0.05, 0.1) is 0 Å². The minimum absolute atomic E-state index is 0.0235. The molecule has 8 heteroatoms. The number of benzene rings is 1. The lowest BCUT2D eigenvalue weighted by molar-refractivity contribution is -0.193. The molecule has 112 valence electrons. The third-order valence-electron chi connectivity index (χ3n) is 2.84. The molecule has 0 aliphatic rings. The fraction of sp³-hybridized carbons (Fsp3) is 0.417.